The zero-order valence-corrected chi connectivity index (χ0v) is 13.0. The number of benzene rings is 2. The number of rotatable bonds is 6. The number of hydrogen-bond acceptors (Lipinski definition) is 2. The maximum absolute atomic E-state index is 13.8. The summed E-state index contributed by atoms with van der Waals surface area (Å²) in [5.41, 5.74) is 1.56. The van der Waals surface area contributed by atoms with E-state index < -0.39 is 0 Å². The van der Waals surface area contributed by atoms with Crippen molar-refractivity contribution in [3.8, 4) is 5.75 Å². The van der Waals surface area contributed by atoms with Crippen LogP contribution in [-0.4, -0.2) is 7.11 Å². The van der Waals surface area contributed by atoms with Crippen LogP contribution in [0.4, 0.5) is 4.39 Å². The molecule has 0 aliphatic heterocycles. The van der Waals surface area contributed by atoms with Gasteiger partial charge < -0.3 is 10.1 Å². The fourth-order valence-electron chi connectivity index (χ4n) is 2.35. The van der Waals surface area contributed by atoms with Crippen molar-refractivity contribution in [2.75, 3.05) is 7.11 Å². The molecule has 1 atom stereocenters. The third-order valence-corrected chi connectivity index (χ3v) is 3.86. The normalized spacial score (nSPS) is 12.2. The van der Waals surface area contributed by atoms with Crippen LogP contribution < -0.4 is 10.1 Å². The van der Waals surface area contributed by atoms with Crippen LogP contribution >= 0.6 is 11.6 Å². The van der Waals surface area contributed by atoms with E-state index in [2.05, 4.69) is 12.2 Å². The molecule has 2 nitrogen and oxygen atoms in total. The van der Waals surface area contributed by atoms with Crippen molar-refractivity contribution in [3.63, 3.8) is 0 Å². The van der Waals surface area contributed by atoms with Crippen LogP contribution in [0.5, 0.6) is 5.75 Å². The van der Waals surface area contributed by atoms with Crippen LogP contribution in [0.3, 0.4) is 0 Å². The standard InChI is InChI=1S/C17H19ClFNO/c1-3-16(12-7-4-5-10-17(12)21-2)20-11-13-14(18)8-6-9-15(13)19/h4-10,16,20H,3,11H2,1-2H3. The Balaban J connectivity index is 2.17. The molecule has 0 radical (unpaired) electrons. The fraction of sp³-hybridized carbons (Fsp3) is 0.294. The maximum atomic E-state index is 13.8. The molecule has 2 rings (SSSR count). The summed E-state index contributed by atoms with van der Waals surface area (Å²) in [6.07, 6.45) is 0.868. The highest BCUT2D eigenvalue weighted by molar-refractivity contribution is 6.31. The van der Waals surface area contributed by atoms with E-state index in [9.17, 15) is 4.39 Å². The molecule has 0 saturated carbocycles. The molecule has 1 unspecified atom stereocenters. The van der Waals surface area contributed by atoms with Gasteiger partial charge in [0.25, 0.3) is 0 Å². The van der Waals surface area contributed by atoms with Crippen molar-refractivity contribution >= 4 is 11.6 Å². The molecule has 0 bridgehead atoms. The SMILES string of the molecule is CCC(NCc1c(F)cccc1Cl)c1ccccc1OC. The summed E-state index contributed by atoms with van der Waals surface area (Å²) in [7, 11) is 1.65. The molecule has 21 heavy (non-hydrogen) atoms. The summed E-state index contributed by atoms with van der Waals surface area (Å²) < 4.78 is 19.2. The molecule has 2 aromatic carbocycles. The fourth-order valence-corrected chi connectivity index (χ4v) is 2.58. The summed E-state index contributed by atoms with van der Waals surface area (Å²) in [6, 6.07) is 12.7. The van der Waals surface area contributed by atoms with Gasteiger partial charge in [-0.1, -0.05) is 42.8 Å². The highest BCUT2D eigenvalue weighted by atomic mass is 35.5. The Morgan fingerprint density at radius 1 is 1.19 bits per heavy atom. The Kier molecular flexibility index (Phi) is 5.59. The minimum atomic E-state index is -0.287. The van der Waals surface area contributed by atoms with Crippen molar-refractivity contribution in [2.24, 2.45) is 0 Å². The number of ether oxygens (including phenoxy) is 1. The zero-order valence-electron chi connectivity index (χ0n) is 12.2. The predicted octanol–water partition coefficient (Wildman–Crippen LogP) is 4.73. The number of hydrogen-bond donors (Lipinski definition) is 1. The van der Waals surface area contributed by atoms with E-state index in [1.54, 1.807) is 19.2 Å². The van der Waals surface area contributed by atoms with Crippen LogP contribution in [0.2, 0.25) is 5.02 Å². The van der Waals surface area contributed by atoms with Crippen molar-refractivity contribution in [3.05, 3.63) is 64.4 Å². The van der Waals surface area contributed by atoms with Gasteiger partial charge in [-0.05, 0) is 24.6 Å². The molecule has 0 spiro atoms. The monoisotopic (exact) mass is 307 g/mol. The van der Waals surface area contributed by atoms with Crippen LogP contribution in [-0.2, 0) is 6.54 Å². The second-order valence-corrected chi connectivity index (χ2v) is 5.19. The van der Waals surface area contributed by atoms with Crippen LogP contribution in [0.1, 0.15) is 30.5 Å². The zero-order chi connectivity index (χ0) is 15.2. The number of halogens is 2. The maximum Gasteiger partial charge on any atom is 0.129 e. The molecular weight excluding hydrogens is 289 g/mol. The Bertz CT molecular complexity index is 583. The van der Waals surface area contributed by atoms with E-state index in [4.69, 9.17) is 16.3 Å². The summed E-state index contributed by atoms with van der Waals surface area (Å²) >= 11 is 6.06. The molecule has 4 heteroatoms. The lowest BCUT2D eigenvalue weighted by Crippen LogP contribution is -2.21. The van der Waals surface area contributed by atoms with Crippen molar-refractivity contribution < 1.29 is 9.13 Å². The Labute approximate surface area is 129 Å². The Morgan fingerprint density at radius 3 is 2.62 bits per heavy atom. The van der Waals surface area contributed by atoms with Gasteiger partial charge in [-0.3, -0.25) is 0 Å². The Hall–Kier alpha value is -1.58. The van der Waals surface area contributed by atoms with Crippen molar-refractivity contribution in [1.82, 2.24) is 5.32 Å². The third kappa shape index (κ3) is 3.74. The minimum absolute atomic E-state index is 0.0804. The number of methoxy groups -OCH3 is 1. The largest absolute Gasteiger partial charge is 0.496 e. The smallest absolute Gasteiger partial charge is 0.129 e. The lowest BCUT2D eigenvalue weighted by atomic mass is 10.0. The third-order valence-electron chi connectivity index (χ3n) is 3.51. The average molecular weight is 308 g/mol. The summed E-state index contributed by atoms with van der Waals surface area (Å²) in [4.78, 5) is 0. The molecule has 0 amide bonds. The van der Waals surface area contributed by atoms with Gasteiger partial charge in [-0.2, -0.15) is 0 Å². The molecule has 1 N–H and O–H groups in total. The van der Waals surface area contributed by atoms with E-state index >= 15 is 0 Å². The first-order chi connectivity index (χ1) is 10.2. The predicted molar refractivity (Wildman–Crippen MR) is 84.3 cm³/mol. The quantitative estimate of drug-likeness (QED) is 0.833. The molecule has 0 heterocycles. The molecule has 0 aliphatic carbocycles. The summed E-state index contributed by atoms with van der Waals surface area (Å²) in [6.45, 7) is 2.45. The van der Waals surface area contributed by atoms with Crippen molar-refractivity contribution in [1.29, 1.82) is 0 Å². The van der Waals surface area contributed by atoms with E-state index in [-0.39, 0.29) is 11.9 Å². The van der Waals surface area contributed by atoms with Crippen molar-refractivity contribution in [2.45, 2.75) is 25.9 Å². The highest BCUT2D eigenvalue weighted by Gasteiger charge is 2.15. The van der Waals surface area contributed by atoms with Gasteiger partial charge in [0.2, 0.25) is 0 Å². The lowest BCUT2D eigenvalue weighted by molar-refractivity contribution is 0.396. The summed E-state index contributed by atoms with van der Waals surface area (Å²) in [5, 5.41) is 3.80. The summed E-state index contributed by atoms with van der Waals surface area (Å²) in [5.74, 6) is 0.543. The average Bonchev–Trinajstić information content (AvgIpc) is 2.50. The first kappa shape index (κ1) is 15.8. The molecule has 2 aromatic rings. The second kappa shape index (κ2) is 7.43. The van der Waals surface area contributed by atoms with Crippen LogP contribution in [0, 0.1) is 5.82 Å². The first-order valence-corrected chi connectivity index (χ1v) is 7.34. The van der Waals surface area contributed by atoms with Gasteiger partial charge in [0.15, 0.2) is 0 Å². The topological polar surface area (TPSA) is 21.3 Å². The molecule has 112 valence electrons. The second-order valence-electron chi connectivity index (χ2n) is 4.78. The van der Waals surface area contributed by atoms with Gasteiger partial charge in [-0.25, -0.2) is 4.39 Å². The van der Waals surface area contributed by atoms with Crippen LogP contribution in [0.25, 0.3) is 0 Å². The number of nitrogens with one attached hydrogen (secondary N) is 1. The number of para-hydroxylation sites is 1. The molecular formula is C17H19ClFNO. The van der Waals surface area contributed by atoms with E-state index in [0.29, 0.717) is 17.1 Å². The Morgan fingerprint density at radius 2 is 1.95 bits per heavy atom. The van der Waals surface area contributed by atoms with Crippen LogP contribution in [0.15, 0.2) is 42.5 Å². The minimum Gasteiger partial charge on any atom is -0.496 e. The highest BCUT2D eigenvalue weighted by Crippen LogP contribution is 2.28. The van der Waals surface area contributed by atoms with E-state index in [1.807, 2.05) is 24.3 Å². The molecule has 0 saturated heterocycles. The van der Waals surface area contributed by atoms with Gasteiger partial charge >= 0.3 is 0 Å². The van der Waals surface area contributed by atoms with E-state index in [1.165, 1.54) is 6.07 Å². The first-order valence-electron chi connectivity index (χ1n) is 6.96. The molecule has 0 aromatic heterocycles. The van der Waals surface area contributed by atoms with Gasteiger partial charge in [0.1, 0.15) is 11.6 Å². The lowest BCUT2D eigenvalue weighted by Gasteiger charge is -2.20. The molecule has 0 aliphatic rings. The molecule has 0 fully saturated rings. The van der Waals surface area contributed by atoms with Gasteiger partial charge in [0.05, 0.1) is 7.11 Å². The van der Waals surface area contributed by atoms with Gasteiger partial charge in [-0.15, -0.1) is 0 Å². The van der Waals surface area contributed by atoms with Gasteiger partial charge in [0, 0.05) is 28.7 Å². The van der Waals surface area contributed by atoms with E-state index in [0.717, 1.165) is 17.7 Å².